The van der Waals surface area contributed by atoms with Gasteiger partial charge in [-0.2, -0.15) is 11.8 Å². The highest BCUT2D eigenvalue weighted by molar-refractivity contribution is 14.0. The van der Waals surface area contributed by atoms with Crippen molar-refractivity contribution in [1.82, 2.24) is 10.2 Å². The summed E-state index contributed by atoms with van der Waals surface area (Å²) in [5.41, 5.74) is 0.612. The van der Waals surface area contributed by atoms with Crippen LogP contribution in [0.1, 0.15) is 46.5 Å². The first kappa shape index (κ1) is 17.7. The van der Waals surface area contributed by atoms with Crippen LogP contribution in [-0.2, 0) is 0 Å². The molecule has 0 atom stereocenters. The lowest BCUT2D eigenvalue weighted by Gasteiger charge is -2.39. The number of thioether (sulfide) groups is 1. The molecule has 0 aromatic carbocycles. The highest BCUT2D eigenvalue weighted by Crippen LogP contribution is 2.61. The molecule has 0 radical (unpaired) electrons. The molecule has 1 heterocycles. The lowest BCUT2D eigenvalue weighted by Crippen LogP contribution is -2.51. The zero-order chi connectivity index (χ0) is 14.2. The van der Waals surface area contributed by atoms with Crippen molar-refractivity contribution in [2.75, 3.05) is 31.9 Å². The molecule has 0 spiro atoms. The first-order chi connectivity index (χ1) is 9.55. The van der Waals surface area contributed by atoms with Gasteiger partial charge in [-0.1, -0.05) is 0 Å². The largest absolute Gasteiger partial charge is 0.357 e. The van der Waals surface area contributed by atoms with Crippen LogP contribution in [0.25, 0.3) is 0 Å². The minimum absolute atomic E-state index is 0. The summed E-state index contributed by atoms with van der Waals surface area (Å²) in [4.78, 5) is 7.50. The molecule has 3 nitrogen and oxygen atoms in total. The van der Waals surface area contributed by atoms with E-state index in [0.29, 0.717) is 10.2 Å². The summed E-state index contributed by atoms with van der Waals surface area (Å²) in [5, 5.41) is 3.52. The number of guanidine groups is 1. The standard InChI is InChI=1S/C16H29N3S.HI/c1-4-17-14(19-9-10-20-15(2,3)12-19)18-11-16(7-8-16)13-5-6-13;/h13H,4-12H2,1-3H3,(H,17,18);1H. The van der Waals surface area contributed by atoms with Crippen molar-refractivity contribution in [3.8, 4) is 0 Å². The van der Waals surface area contributed by atoms with Crippen molar-refractivity contribution >= 4 is 41.7 Å². The van der Waals surface area contributed by atoms with Crippen molar-refractivity contribution in [3.05, 3.63) is 0 Å². The van der Waals surface area contributed by atoms with E-state index in [1.807, 2.05) is 0 Å². The SMILES string of the molecule is CCNC(=NCC1(C2CC2)CC1)N1CCSC(C)(C)C1.I. The van der Waals surface area contributed by atoms with Crippen LogP contribution in [0.2, 0.25) is 0 Å². The molecule has 2 aliphatic carbocycles. The van der Waals surface area contributed by atoms with Crippen molar-refractivity contribution in [2.24, 2.45) is 16.3 Å². The summed E-state index contributed by atoms with van der Waals surface area (Å²) >= 11 is 2.09. The summed E-state index contributed by atoms with van der Waals surface area (Å²) in [5.74, 6) is 3.38. The molecule has 1 N–H and O–H groups in total. The predicted octanol–water partition coefficient (Wildman–Crippen LogP) is 3.59. The third-order valence-corrected chi connectivity index (χ3v) is 6.24. The highest BCUT2D eigenvalue weighted by Gasteiger charge is 2.53. The number of nitrogens with one attached hydrogen (secondary N) is 1. The zero-order valence-corrected chi connectivity index (χ0v) is 16.8. The number of hydrogen-bond donors (Lipinski definition) is 1. The number of hydrogen-bond acceptors (Lipinski definition) is 2. The van der Waals surface area contributed by atoms with Crippen LogP contribution < -0.4 is 5.32 Å². The van der Waals surface area contributed by atoms with Crippen LogP contribution in [0, 0.1) is 11.3 Å². The molecule has 122 valence electrons. The fourth-order valence-electron chi connectivity index (χ4n) is 3.41. The normalized spacial score (nSPS) is 27.0. The van der Waals surface area contributed by atoms with E-state index in [2.05, 4.69) is 42.7 Å². The van der Waals surface area contributed by atoms with Crippen LogP contribution in [0.15, 0.2) is 4.99 Å². The van der Waals surface area contributed by atoms with Gasteiger partial charge in [-0.3, -0.25) is 4.99 Å². The van der Waals surface area contributed by atoms with Gasteiger partial charge in [0, 0.05) is 36.7 Å². The summed E-state index contributed by atoms with van der Waals surface area (Å²) in [6, 6.07) is 0. The Labute approximate surface area is 151 Å². The highest BCUT2D eigenvalue weighted by atomic mass is 127. The molecule has 3 rings (SSSR count). The molecule has 5 heteroatoms. The van der Waals surface area contributed by atoms with E-state index < -0.39 is 0 Å². The molecule has 0 aromatic rings. The minimum atomic E-state index is 0. The smallest absolute Gasteiger partial charge is 0.194 e. The van der Waals surface area contributed by atoms with Gasteiger partial charge in [0.25, 0.3) is 0 Å². The van der Waals surface area contributed by atoms with Crippen molar-refractivity contribution in [1.29, 1.82) is 0 Å². The van der Waals surface area contributed by atoms with Crippen molar-refractivity contribution < 1.29 is 0 Å². The van der Waals surface area contributed by atoms with Crippen LogP contribution in [-0.4, -0.2) is 47.5 Å². The molecule has 21 heavy (non-hydrogen) atoms. The lowest BCUT2D eigenvalue weighted by molar-refractivity contribution is 0.371. The Morgan fingerprint density at radius 1 is 1.33 bits per heavy atom. The second kappa shape index (κ2) is 6.85. The summed E-state index contributed by atoms with van der Waals surface area (Å²) in [6.45, 7) is 11.1. The first-order valence-corrected chi connectivity index (χ1v) is 9.20. The van der Waals surface area contributed by atoms with Gasteiger partial charge in [0.2, 0.25) is 0 Å². The quantitative estimate of drug-likeness (QED) is 0.426. The number of nitrogens with zero attached hydrogens (tertiary/aromatic N) is 2. The average molecular weight is 423 g/mol. The van der Waals surface area contributed by atoms with E-state index in [-0.39, 0.29) is 24.0 Å². The fraction of sp³-hybridized carbons (Fsp3) is 0.938. The van der Waals surface area contributed by atoms with Crippen molar-refractivity contribution in [2.45, 2.75) is 51.2 Å². The van der Waals surface area contributed by atoms with Gasteiger partial charge in [0.1, 0.15) is 0 Å². The van der Waals surface area contributed by atoms with E-state index in [1.165, 1.54) is 31.4 Å². The van der Waals surface area contributed by atoms with Gasteiger partial charge in [-0.15, -0.1) is 24.0 Å². The van der Waals surface area contributed by atoms with Crippen LogP contribution in [0.4, 0.5) is 0 Å². The Morgan fingerprint density at radius 3 is 2.57 bits per heavy atom. The summed E-state index contributed by atoms with van der Waals surface area (Å²) in [7, 11) is 0. The number of aliphatic imine (C=N–C) groups is 1. The molecule has 0 amide bonds. The second-order valence-electron chi connectivity index (χ2n) is 7.34. The molecule has 0 unspecified atom stereocenters. The molecule has 1 aliphatic heterocycles. The minimum Gasteiger partial charge on any atom is -0.357 e. The lowest BCUT2D eigenvalue weighted by atomic mass is 10.0. The van der Waals surface area contributed by atoms with Gasteiger partial charge in [0.05, 0.1) is 0 Å². The maximum Gasteiger partial charge on any atom is 0.194 e. The van der Waals surface area contributed by atoms with Gasteiger partial charge in [0.15, 0.2) is 5.96 Å². The Hall–Kier alpha value is 0.350. The molecule has 0 bridgehead atoms. The van der Waals surface area contributed by atoms with Crippen LogP contribution in [0.3, 0.4) is 0 Å². The molecule has 0 aromatic heterocycles. The molecular formula is C16H30IN3S. The Kier molecular flexibility index (Phi) is 5.77. The van der Waals surface area contributed by atoms with E-state index >= 15 is 0 Å². The van der Waals surface area contributed by atoms with Crippen LogP contribution >= 0.6 is 35.7 Å². The average Bonchev–Trinajstić information content (AvgIpc) is 3.26. The summed E-state index contributed by atoms with van der Waals surface area (Å²) < 4.78 is 0.349. The van der Waals surface area contributed by atoms with Gasteiger partial charge < -0.3 is 10.2 Å². The molecular weight excluding hydrogens is 393 g/mol. The fourth-order valence-corrected chi connectivity index (χ4v) is 4.52. The summed E-state index contributed by atoms with van der Waals surface area (Å²) in [6.07, 6.45) is 5.75. The number of rotatable bonds is 4. The maximum atomic E-state index is 5.02. The van der Waals surface area contributed by atoms with Crippen molar-refractivity contribution in [3.63, 3.8) is 0 Å². The van der Waals surface area contributed by atoms with Gasteiger partial charge >= 0.3 is 0 Å². The first-order valence-electron chi connectivity index (χ1n) is 8.22. The Balaban J connectivity index is 0.00000161. The topological polar surface area (TPSA) is 27.6 Å². The molecule has 2 saturated carbocycles. The third kappa shape index (κ3) is 4.43. The van der Waals surface area contributed by atoms with Gasteiger partial charge in [-0.05, 0) is 57.8 Å². The Morgan fingerprint density at radius 2 is 2.05 bits per heavy atom. The molecule has 1 saturated heterocycles. The van der Waals surface area contributed by atoms with Gasteiger partial charge in [-0.25, -0.2) is 0 Å². The third-order valence-electron chi connectivity index (χ3n) is 4.94. The maximum absolute atomic E-state index is 5.02. The predicted molar refractivity (Wildman–Crippen MR) is 104 cm³/mol. The molecule has 3 aliphatic rings. The van der Waals surface area contributed by atoms with E-state index in [4.69, 9.17) is 4.99 Å². The van der Waals surface area contributed by atoms with E-state index in [1.54, 1.807) is 0 Å². The molecule has 3 fully saturated rings. The zero-order valence-electron chi connectivity index (χ0n) is 13.7. The second-order valence-corrected chi connectivity index (χ2v) is 9.14. The number of halogens is 1. The van der Waals surface area contributed by atoms with E-state index in [0.717, 1.165) is 38.1 Å². The Bertz CT molecular complexity index is 389. The monoisotopic (exact) mass is 423 g/mol. The van der Waals surface area contributed by atoms with E-state index in [9.17, 15) is 0 Å². The van der Waals surface area contributed by atoms with Crippen LogP contribution in [0.5, 0.6) is 0 Å².